The van der Waals surface area contributed by atoms with E-state index >= 15 is 0 Å². The number of nitrogens with zero attached hydrogens (tertiary/aromatic N) is 4. The van der Waals surface area contributed by atoms with Crippen LogP contribution in [-0.2, 0) is 10.5 Å². The monoisotopic (exact) mass is 455 g/mol. The minimum atomic E-state index is -0.891. The van der Waals surface area contributed by atoms with E-state index in [1.54, 1.807) is 19.4 Å². The van der Waals surface area contributed by atoms with Gasteiger partial charge in [-0.1, -0.05) is 0 Å². The lowest BCUT2D eigenvalue weighted by molar-refractivity contribution is -0.120. The Labute approximate surface area is 189 Å². The van der Waals surface area contributed by atoms with Gasteiger partial charge >= 0.3 is 0 Å². The topological polar surface area (TPSA) is 97.3 Å². The Morgan fingerprint density at radius 3 is 2.87 bits per heavy atom. The molecule has 4 rings (SSSR count). The van der Waals surface area contributed by atoms with Crippen molar-refractivity contribution in [3.05, 3.63) is 52.4 Å². The number of aromatic nitrogens is 3. The number of likely N-dealkylation sites (N-methyl/N-ethyl adjacent to an activating group) is 1. The first-order valence-corrected chi connectivity index (χ1v) is 11.1. The van der Waals surface area contributed by atoms with E-state index in [0.717, 1.165) is 21.6 Å². The summed E-state index contributed by atoms with van der Waals surface area (Å²) < 4.78 is 5.76. The van der Waals surface area contributed by atoms with Crippen LogP contribution in [-0.4, -0.2) is 46.5 Å². The maximum atomic E-state index is 12.9. The molecule has 1 N–H and O–H groups in total. The first kappa shape index (κ1) is 21.3. The van der Waals surface area contributed by atoms with E-state index in [4.69, 9.17) is 4.74 Å². The molecule has 31 heavy (non-hydrogen) atoms. The van der Waals surface area contributed by atoms with Crippen LogP contribution in [0.3, 0.4) is 0 Å². The lowest BCUT2D eigenvalue weighted by Gasteiger charge is -2.19. The number of hydrogen-bond donors (Lipinski definition) is 2. The van der Waals surface area contributed by atoms with Crippen molar-refractivity contribution in [1.82, 2.24) is 20.3 Å². The average molecular weight is 456 g/mol. The second kappa shape index (κ2) is 8.64. The van der Waals surface area contributed by atoms with E-state index < -0.39 is 11.9 Å². The molecule has 0 fully saturated rings. The SMILES string of the molecule is Cc1cnc2c(c1)OC[C@H](NC(=O)c1ncc(C)c(-c3cc(CS)cs3)n1)C(=O)N2C. The summed E-state index contributed by atoms with van der Waals surface area (Å²) in [7, 11) is 1.60. The number of rotatable bonds is 4. The van der Waals surface area contributed by atoms with Crippen molar-refractivity contribution in [1.29, 1.82) is 0 Å². The quantitative estimate of drug-likeness (QED) is 0.587. The zero-order valence-electron chi connectivity index (χ0n) is 17.2. The van der Waals surface area contributed by atoms with Crippen molar-refractivity contribution >= 4 is 41.6 Å². The molecule has 0 saturated carbocycles. The van der Waals surface area contributed by atoms with Gasteiger partial charge < -0.3 is 10.1 Å². The van der Waals surface area contributed by atoms with Crippen molar-refractivity contribution in [3.63, 3.8) is 0 Å². The lowest BCUT2D eigenvalue weighted by Crippen LogP contribution is -2.49. The Balaban J connectivity index is 1.56. The number of fused-ring (bicyclic) bond motifs is 1. The van der Waals surface area contributed by atoms with Gasteiger partial charge in [-0.15, -0.1) is 11.3 Å². The van der Waals surface area contributed by atoms with Gasteiger partial charge in [0.15, 0.2) is 11.6 Å². The second-order valence-corrected chi connectivity index (χ2v) is 8.50. The minimum absolute atomic E-state index is 0.00685. The Morgan fingerprint density at radius 2 is 2.13 bits per heavy atom. The summed E-state index contributed by atoms with van der Waals surface area (Å²) in [5, 5.41) is 4.71. The maximum Gasteiger partial charge on any atom is 0.289 e. The molecule has 10 heteroatoms. The van der Waals surface area contributed by atoms with E-state index in [-0.39, 0.29) is 18.3 Å². The highest BCUT2D eigenvalue weighted by Gasteiger charge is 2.32. The summed E-state index contributed by atoms with van der Waals surface area (Å²) in [6.07, 6.45) is 3.27. The molecule has 0 unspecified atom stereocenters. The molecule has 0 saturated heterocycles. The third kappa shape index (κ3) is 4.26. The molecular weight excluding hydrogens is 434 g/mol. The molecule has 1 atom stereocenters. The fourth-order valence-corrected chi connectivity index (χ4v) is 4.46. The van der Waals surface area contributed by atoms with Gasteiger partial charge in [0.25, 0.3) is 11.8 Å². The molecule has 8 nitrogen and oxygen atoms in total. The summed E-state index contributed by atoms with van der Waals surface area (Å²) in [6.45, 7) is 3.77. The highest BCUT2D eigenvalue weighted by Crippen LogP contribution is 2.30. The van der Waals surface area contributed by atoms with E-state index in [0.29, 0.717) is 23.0 Å². The van der Waals surface area contributed by atoms with Crippen molar-refractivity contribution in [2.45, 2.75) is 25.6 Å². The summed E-state index contributed by atoms with van der Waals surface area (Å²) in [5.41, 5.74) is 3.54. The van der Waals surface area contributed by atoms with Gasteiger partial charge in [-0.05, 0) is 48.1 Å². The van der Waals surface area contributed by atoms with Crippen LogP contribution < -0.4 is 15.0 Å². The Morgan fingerprint density at radius 1 is 1.32 bits per heavy atom. The largest absolute Gasteiger partial charge is 0.487 e. The predicted octanol–water partition coefficient (Wildman–Crippen LogP) is 2.80. The molecule has 1 aliphatic rings. The maximum absolute atomic E-state index is 12.9. The molecule has 3 aromatic heterocycles. The van der Waals surface area contributed by atoms with Crippen LogP contribution in [0.5, 0.6) is 5.75 Å². The lowest BCUT2D eigenvalue weighted by atomic mass is 10.2. The number of ether oxygens (including phenoxy) is 1. The number of thiophene rings is 1. The summed E-state index contributed by atoms with van der Waals surface area (Å²) in [5.74, 6) is 0.665. The third-order valence-corrected chi connectivity index (χ3v) is 6.22. The molecule has 4 heterocycles. The van der Waals surface area contributed by atoms with Gasteiger partial charge in [-0.2, -0.15) is 12.6 Å². The molecule has 0 radical (unpaired) electrons. The molecule has 0 aliphatic carbocycles. The summed E-state index contributed by atoms with van der Waals surface area (Å²) in [6, 6.07) is 2.92. The molecule has 160 valence electrons. The molecule has 2 amide bonds. The van der Waals surface area contributed by atoms with Gasteiger partial charge in [0.1, 0.15) is 12.6 Å². The highest BCUT2D eigenvalue weighted by molar-refractivity contribution is 7.79. The van der Waals surface area contributed by atoms with Crippen LogP contribution in [0.25, 0.3) is 10.6 Å². The van der Waals surface area contributed by atoms with E-state index in [9.17, 15) is 9.59 Å². The van der Waals surface area contributed by atoms with Gasteiger partial charge in [-0.3, -0.25) is 14.5 Å². The number of thiol groups is 1. The molecular formula is C21H21N5O3S2. The highest BCUT2D eigenvalue weighted by atomic mass is 32.1. The smallest absolute Gasteiger partial charge is 0.289 e. The number of pyridine rings is 1. The third-order valence-electron chi connectivity index (χ3n) is 4.87. The number of carbonyl (C=O) groups excluding carboxylic acids is 2. The standard InChI is InChI=1S/C21H21N5O3S2/c1-11-4-15-19(23-6-11)26(3)21(28)14(8-29-15)24-20(27)18-22-7-12(2)17(25-18)16-5-13(9-30)10-31-16/h4-7,10,14,30H,8-9H2,1-3H3,(H,24,27)/t14-/m0/s1. The van der Waals surface area contributed by atoms with Crippen LogP contribution in [0.15, 0.2) is 29.9 Å². The van der Waals surface area contributed by atoms with Crippen molar-refractivity contribution in [2.24, 2.45) is 0 Å². The Bertz CT molecular complexity index is 1160. The van der Waals surface area contributed by atoms with Crippen LogP contribution in [0.4, 0.5) is 5.82 Å². The first-order chi connectivity index (χ1) is 14.9. The average Bonchev–Trinajstić information content (AvgIpc) is 3.21. The number of anilines is 1. The second-order valence-electron chi connectivity index (χ2n) is 7.27. The molecule has 1 aliphatic heterocycles. The van der Waals surface area contributed by atoms with E-state index in [1.165, 1.54) is 16.2 Å². The van der Waals surface area contributed by atoms with Crippen LogP contribution in [0.1, 0.15) is 27.3 Å². The minimum Gasteiger partial charge on any atom is -0.487 e. The molecule has 0 spiro atoms. The first-order valence-electron chi connectivity index (χ1n) is 9.57. The fraction of sp³-hybridized carbons (Fsp3) is 0.286. The zero-order valence-corrected chi connectivity index (χ0v) is 19.0. The van der Waals surface area contributed by atoms with Crippen LogP contribution in [0.2, 0.25) is 0 Å². The number of aryl methyl sites for hydroxylation is 2. The van der Waals surface area contributed by atoms with Gasteiger partial charge in [0, 0.05) is 25.2 Å². The number of nitrogens with one attached hydrogen (secondary N) is 1. The predicted molar refractivity (Wildman–Crippen MR) is 122 cm³/mol. The van der Waals surface area contributed by atoms with Gasteiger partial charge in [0.05, 0.1) is 10.6 Å². The van der Waals surface area contributed by atoms with Crippen molar-refractivity contribution in [3.8, 4) is 16.3 Å². The zero-order chi connectivity index (χ0) is 22.1. The van der Waals surface area contributed by atoms with E-state index in [1.807, 2.05) is 31.4 Å². The number of amides is 2. The van der Waals surface area contributed by atoms with Crippen molar-refractivity contribution in [2.75, 3.05) is 18.6 Å². The van der Waals surface area contributed by atoms with Crippen LogP contribution in [0, 0.1) is 13.8 Å². The van der Waals surface area contributed by atoms with Gasteiger partial charge in [0.2, 0.25) is 5.82 Å². The normalized spacial score (nSPS) is 15.8. The van der Waals surface area contributed by atoms with E-state index in [2.05, 4.69) is 32.9 Å². The summed E-state index contributed by atoms with van der Waals surface area (Å²) in [4.78, 5) is 41.0. The molecule has 0 bridgehead atoms. The number of carbonyl (C=O) groups is 2. The number of hydrogen-bond acceptors (Lipinski definition) is 8. The van der Waals surface area contributed by atoms with Gasteiger partial charge in [-0.25, -0.2) is 15.0 Å². The Hall–Kier alpha value is -2.98. The Kier molecular flexibility index (Phi) is 5.92. The fourth-order valence-electron chi connectivity index (χ4n) is 3.19. The summed E-state index contributed by atoms with van der Waals surface area (Å²) >= 11 is 5.83. The van der Waals surface area contributed by atoms with Crippen molar-refractivity contribution < 1.29 is 14.3 Å². The van der Waals surface area contributed by atoms with Crippen LogP contribution >= 0.6 is 24.0 Å². The molecule has 3 aromatic rings. The molecule has 0 aromatic carbocycles.